The highest BCUT2D eigenvalue weighted by Gasteiger charge is 2.04. The summed E-state index contributed by atoms with van der Waals surface area (Å²) in [4.78, 5) is 15.4. The van der Waals surface area contributed by atoms with Crippen LogP contribution in [0.15, 0.2) is 36.7 Å². The standard InChI is InChI=1S/C12H17N3O/c1-12(2,3)7-9-14-11(16)15-10-6-4-5-8-13-10/h4-9H,1-3H3,(H2,13,14,15,16)/b9-7+. The molecule has 2 amide bonds. The Morgan fingerprint density at radius 3 is 2.69 bits per heavy atom. The van der Waals surface area contributed by atoms with E-state index in [-0.39, 0.29) is 11.4 Å². The van der Waals surface area contributed by atoms with Gasteiger partial charge in [-0.05, 0) is 17.5 Å². The molecular formula is C12H17N3O. The van der Waals surface area contributed by atoms with Gasteiger partial charge in [-0.25, -0.2) is 9.78 Å². The summed E-state index contributed by atoms with van der Waals surface area (Å²) in [7, 11) is 0. The van der Waals surface area contributed by atoms with Crippen molar-refractivity contribution in [2.75, 3.05) is 5.32 Å². The minimum atomic E-state index is -0.292. The van der Waals surface area contributed by atoms with Crippen molar-refractivity contribution >= 4 is 11.8 Å². The molecule has 0 fully saturated rings. The maximum absolute atomic E-state index is 11.4. The molecule has 1 rings (SSSR count). The molecule has 0 spiro atoms. The zero-order valence-corrected chi connectivity index (χ0v) is 9.82. The quantitative estimate of drug-likeness (QED) is 0.803. The zero-order valence-electron chi connectivity index (χ0n) is 9.82. The second-order valence-electron chi connectivity index (χ2n) is 4.51. The Morgan fingerprint density at radius 2 is 2.12 bits per heavy atom. The van der Waals surface area contributed by atoms with E-state index >= 15 is 0 Å². The van der Waals surface area contributed by atoms with Crippen LogP contribution in [0.25, 0.3) is 0 Å². The van der Waals surface area contributed by atoms with E-state index in [2.05, 4.69) is 36.4 Å². The van der Waals surface area contributed by atoms with Gasteiger partial charge < -0.3 is 5.32 Å². The highest BCUT2D eigenvalue weighted by molar-refractivity contribution is 5.88. The summed E-state index contributed by atoms with van der Waals surface area (Å²) in [5.74, 6) is 0.532. The molecule has 0 aliphatic heterocycles. The Labute approximate surface area is 95.8 Å². The molecule has 0 saturated heterocycles. The van der Waals surface area contributed by atoms with Crippen molar-refractivity contribution in [3.8, 4) is 0 Å². The Morgan fingerprint density at radius 1 is 1.38 bits per heavy atom. The van der Waals surface area contributed by atoms with Gasteiger partial charge in [-0.2, -0.15) is 0 Å². The van der Waals surface area contributed by atoms with E-state index in [1.165, 1.54) is 0 Å². The van der Waals surface area contributed by atoms with E-state index in [0.29, 0.717) is 5.82 Å². The van der Waals surface area contributed by atoms with Gasteiger partial charge >= 0.3 is 6.03 Å². The molecule has 86 valence electrons. The number of anilines is 1. The minimum Gasteiger partial charge on any atom is -0.315 e. The number of carbonyl (C=O) groups excluding carboxylic acids is 1. The van der Waals surface area contributed by atoms with Gasteiger partial charge in [0.1, 0.15) is 5.82 Å². The fraction of sp³-hybridized carbons (Fsp3) is 0.333. The fourth-order valence-corrected chi connectivity index (χ4v) is 0.956. The first-order valence-electron chi connectivity index (χ1n) is 5.14. The molecule has 0 saturated carbocycles. The predicted octanol–water partition coefficient (Wildman–Crippen LogP) is 2.76. The largest absolute Gasteiger partial charge is 0.324 e. The number of allylic oxidation sites excluding steroid dienone is 1. The molecule has 0 bridgehead atoms. The summed E-state index contributed by atoms with van der Waals surface area (Å²) in [6, 6.07) is 5.04. The summed E-state index contributed by atoms with van der Waals surface area (Å²) >= 11 is 0. The number of pyridine rings is 1. The molecule has 4 heteroatoms. The maximum atomic E-state index is 11.4. The third-order valence-corrected chi connectivity index (χ3v) is 1.70. The Bertz CT molecular complexity index is 366. The number of amides is 2. The average Bonchev–Trinajstić information content (AvgIpc) is 2.17. The van der Waals surface area contributed by atoms with Crippen LogP contribution in [0.2, 0.25) is 0 Å². The summed E-state index contributed by atoms with van der Waals surface area (Å²) < 4.78 is 0. The van der Waals surface area contributed by atoms with Crippen LogP contribution in [-0.2, 0) is 0 Å². The van der Waals surface area contributed by atoms with E-state index in [9.17, 15) is 4.79 Å². The van der Waals surface area contributed by atoms with Crippen molar-refractivity contribution < 1.29 is 4.79 Å². The van der Waals surface area contributed by atoms with Crippen molar-refractivity contribution in [3.63, 3.8) is 0 Å². The first-order valence-corrected chi connectivity index (χ1v) is 5.14. The van der Waals surface area contributed by atoms with Gasteiger partial charge in [0.15, 0.2) is 0 Å². The van der Waals surface area contributed by atoms with E-state index in [4.69, 9.17) is 0 Å². The monoisotopic (exact) mass is 219 g/mol. The predicted molar refractivity (Wildman–Crippen MR) is 65.0 cm³/mol. The molecule has 0 atom stereocenters. The fourth-order valence-electron chi connectivity index (χ4n) is 0.956. The second-order valence-corrected chi connectivity index (χ2v) is 4.51. The van der Waals surface area contributed by atoms with Crippen LogP contribution in [0.5, 0.6) is 0 Å². The van der Waals surface area contributed by atoms with Crippen LogP contribution >= 0.6 is 0 Å². The van der Waals surface area contributed by atoms with Crippen LogP contribution in [-0.4, -0.2) is 11.0 Å². The van der Waals surface area contributed by atoms with Crippen LogP contribution < -0.4 is 10.6 Å². The summed E-state index contributed by atoms with van der Waals surface area (Å²) in [5, 5.41) is 5.23. The number of urea groups is 1. The number of rotatable bonds is 2. The number of hydrogen-bond donors (Lipinski definition) is 2. The number of nitrogens with one attached hydrogen (secondary N) is 2. The van der Waals surface area contributed by atoms with Gasteiger partial charge in [-0.3, -0.25) is 5.32 Å². The molecular weight excluding hydrogens is 202 g/mol. The molecule has 0 radical (unpaired) electrons. The molecule has 1 heterocycles. The van der Waals surface area contributed by atoms with E-state index < -0.39 is 0 Å². The molecule has 0 aliphatic carbocycles. The topological polar surface area (TPSA) is 54.0 Å². The third-order valence-electron chi connectivity index (χ3n) is 1.70. The van der Waals surface area contributed by atoms with Gasteiger partial charge in [-0.15, -0.1) is 0 Å². The molecule has 0 aliphatic rings. The molecule has 1 aromatic rings. The van der Waals surface area contributed by atoms with Crippen molar-refractivity contribution in [2.45, 2.75) is 20.8 Å². The number of nitrogens with zero attached hydrogens (tertiary/aromatic N) is 1. The lowest BCUT2D eigenvalue weighted by Gasteiger charge is -2.11. The number of carbonyl (C=O) groups is 1. The van der Waals surface area contributed by atoms with Crippen LogP contribution in [0.3, 0.4) is 0 Å². The highest BCUT2D eigenvalue weighted by atomic mass is 16.2. The van der Waals surface area contributed by atoms with Crippen molar-refractivity contribution in [1.82, 2.24) is 10.3 Å². The first-order chi connectivity index (χ1) is 7.47. The number of hydrogen-bond acceptors (Lipinski definition) is 2. The van der Waals surface area contributed by atoms with Gasteiger partial charge in [0, 0.05) is 12.4 Å². The lowest BCUT2D eigenvalue weighted by atomic mass is 9.97. The van der Waals surface area contributed by atoms with Gasteiger partial charge in [0.2, 0.25) is 0 Å². The highest BCUT2D eigenvalue weighted by Crippen LogP contribution is 2.13. The molecule has 1 aromatic heterocycles. The van der Waals surface area contributed by atoms with Crippen molar-refractivity contribution in [3.05, 3.63) is 36.7 Å². The van der Waals surface area contributed by atoms with Crippen LogP contribution in [0.1, 0.15) is 20.8 Å². The molecule has 2 N–H and O–H groups in total. The lowest BCUT2D eigenvalue weighted by molar-refractivity contribution is 0.255. The SMILES string of the molecule is CC(C)(C)/C=C/NC(=O)Nc1ccccn1. The maximum Gasteiger partial charge on any atom is 0.324 e. The molecule has 0 unspecified atom stereocenters. The molecule has 0 aromatic carbocycles. The van der Waals surface area contributed by atoms with Crippen LogP contribution in [0.4, 0.5) is 10.6 Å². The average molecular weight is 219 g/mol. The molecule has 16 heavy (non-hydrogen) atoms. The first kappa shape index (κ1) is 12.2. The van der Waals surface area contributed by atoms with Gasteiger partial charge in [-0.1, -0.05) is 32.9 Å². The smallest absolute Gasteiger partial charge is 0.315 e. The Kier molecular flexibility index (Phi) is 4.05. The summed E-state index contributed by atoms with van der Waals surface area (Å²) in [6.07, 6.45) is 5.18. The lowest BCUT2D eigenvalue weighted by Crippen LogP contribution is -2.24. The van der Waals surface area contributed by atoms with Crippen LogP contribution in [0, 0.1) is 5.41 Å². The minimum absolute atomic E-state index is 0.0538. The second kappa shape index (κ2) is 5.30. The van der Waals surface area contributed by atoms with E-state index in [0.717, 1.165) is 0 Å². The summed E-state index contributed by atoms with van der Waals surface area (Å²) in [5.41, 5.74) is 0.0538. The van der Waals surface area contributed by atoms with E-state index in [1.807, 2.05) is 12.1 Å². The summed E-state index contributed by atoms with van der Waals surface area (Å²) in [6.45, 7) is 6.17. The number of aromatic nitrogens is 1. The van der Waals surface area contributed by atoms with Crippen molar-refractivity contribution in [1.29, 1.82) is 0 Å². The third kappa shape index (κ3) is 5.14. The Balaban J connectivity index is 2.41. The van der Waals surface area contributed by atoms with Gasteiger partial charge in [0.05, 0.1) is 0 Å². The Hall–Kier alpha value is -1.84. The molecule has 4 nitrogen and oxygen atoms in total. The van der Waals surface area contributed by atoms with E-state index in [1.54, 1.807) is 24.5 Å². The zero-order chi connectivity index (χ0) is 12.0. The van der Waals surface area contributed by atoms with Gasteiger partial charge in [0.25, 0.3) is 0 Å². The normalized spacial score (nSPS) is 11.4. The van der Waals surface area contributed by atoms with Crippen molar-refractivity contribution in [2.24, 2.45) is 5.41 Å².